The number of nitrogens with one attached hydrogen (secondary N) is 1. The quantitative estimate of drug-likeness (QED) is 0.324. The van der Waals surface area contributed by atoms with Crippen molar-refractivity contribution in [3.63, 3.8) is 0 Å². The highest BCUT2D eigenvalue weighted by Gasteiger charge is 2.33. The number of sulfonamides is 2. The molecule has 0 fully saturated rings. The van der Waals surface area contributed by atoms with Crippen molar-refractivity contribution in [1.29, 1.82) is 0 Å². The lowest BCUT2D eigenvalue weighted by atomic mass is 10.0. The van der Waals surface area contributed by atoms with E-state index in [1.807, 2.05) is 13.8 Å². The summed E-state index contributed by atoms with van der Waals surface area (Å²) in [5, 5.41) is 13.9. The topological polar surface area (TPSA) is 169 Å². The molecular formula is C33H45FN4O9S2. The first-order valence-electron chi connectivity index (χ1n) is 16.1. The number of halogens is 1. The molecule has 16 heteroatoms. The van der Waals surface area contributed by atoms with E-state index in [2.05, 4.69) is 9.88 Å². The van der Waals surface area contributed by atoms with E-state index in [9.17, 15) is 31.1 Å². The minimum atomic E-state index is -4.13. The number of nitrogens with zero attached hydrogens (tertiary/aromatic N) is 3. The third kappa shape index (κ3) is 9.16. The molecule has 1 aromatic heterocycles. The fraction of sp³-hybridized carbons (Fsp3) is 0.515. The van der Waals surface area contributed by atoms with Crippen molar-refractivity contribution in [1.82, 2.24) is 14.4 Å². The predicted molar refractivity (Wildman–Crippen MR) is 180 cm³/mol. The number of rotatable bonds is 9. The monoisotopic (exact) mass is 724 g/mol. The number of aliphatic hydroxyl groups is 1. The number of fused-ring (bicyclic) bond motifs is 1. The minimum absolute atomic E-state index is 0.0552. The van der Waals surface area contributed by atoms with Crippen molar-refractivity contribution >= 4 is 31.6 Å². The molecule has 0 aliphatic carbocycles. The Labute approximate surface area is 287 Å². The van der Waals surface area contributed by atoms with Crippen LogP contribution in [0.5, 0.6) is 5.75 Å². The molecule has 0 saturated carbocycles. The Morgan fingerprint density at radius 1 is 1.10 bits per heavy atom. The molecule has 2 aromatic carbocycles. The number of carbonyl (C=O) groups excluding carboxylic acids is 1. The maximum Gasteiger partial charge on any atom is 0.267 e. The molecule has 1 amide bonds. The van der Waals surface area contributed by atoms with Crippen molar-refractivity contribution < 1.29 is 45.1 Å². The molecule has 49 heavy (non-hydrogen) atoms. The van der Waals surface area contributed by atoms with E-state index < -0.39 is 49.8 Å². The predicted octanol–water partition coefficient (Wildman–Crippen LogP) is 4.35. The summed E-state index contributed by atoms with van der Waals surface area (Å²) in [4.78, 5) is 15.6. The van der Waals surface area contributed by atoms with Gasteiger partial charge in [0.05, 0.1) is 35.3 Å². The molecule has 3 aromatic rings. The summed E-state index contributed by atoms with van der Waals surface area (Å²) >= 11 is 0. The van der Waals surface area contributed by atoms with Crippen LogP contribution < -0.4 is 9.46 Å². The zero-order valence-corrected chi connectivity index (χ0v) is 30.2. The summed E-state index contributed by atoms with van der Waals surface area (Å²) in [5.74, 6) is -1.16. The molecule has 2 N–H and O–H groups in total. The SMILES string of the molecule is Cc1noc(C)c1S(=O)(=O)Nc1ccc2c(c1)C(=O)N([C@@H](C)CO)C[C@@H](C)[C@@H](CN(C)S(=O)(=O)c1ccc(F)cc1)OCCCC[C@H](C)O2. The van der Waals surface area contributed by atoms with Crippen LogP contribution >= 0.6 is 0 Å². The second kappa shape index (κ2) is 16.0. The molecule has 4 rings (SSSR count). The second-order valence-corrected chi connectivity index (χ2v) is 16.2. The van der Waals surface area contributed by atoms with Gasteiger partial charge in [-0.25, -0.2) is 21.2 Å². The van der Waals surface area contributed by atoms with Crippen molar-refractivity contribution in [2.24, 2.45) is 5.92 Å². The lowest BCUT2D eigenvalue weighted by Crippen LogP contribution is -2.48. The third-order valence-corrected chi connectivity index (χ3v) is 12.0. The molecule has 1 aliphatic rings. The Bertz CT molecular complexity index is 1800. The minimum Gasteiger partial charge on any atom is -0.490 e. The number of benzene rings is 2. The molecule has 0 saturated heterocycles. The smallest absolute Gasteiger partial charge is 0.267 e. The fourth-order valence-corrected chi connectivity index (χ4v) is 8.22. The van der Waals surface area contributed by atoms with Crippen LogP contribution in [0.15, 0.2) is 56.8 Å². The van der Waals surface area contributed by atoms with Gasteiger partial charge in [-0.05, 0) is 89.4 Å². The van der Waals surface area contributed by atoms with Crippen LogP contribution in [0, 0.1) is 25.6 Å². The van der Waals surface area contributed by atoms with Gasteiger partial charge in [0.15, 0.2) is 10.7 Å². The number of hydrogen-bond acceptors (Lipinski definition) is 10. The maximum atomic E-state index is 14.4. The van der Waals surface area contributed by atoms with E-state index in [0.717, 1.165) is 22.9 Å². The summed E-state index contributed by atoms with van der Waals surface area (Å²) in [7, 11) is -6.71. The van der Waals surface area contributed by atoms with Gasteiger partial charge in [0.1, 0.15) is 17.3 Å². The van der Waals surface area contributed by atoms with Gasteiger partial charge in [-0.1, -0.05) is 12.1 Å². The highest BCUT2D eigenvalue weighted by Crippen LogP contribution is 2.30. The number of aliphatic hydroxyl groups excluding tert-OH is 1. The highest BCUT2D eigenvalue weighted by molar-refractivity contribution is 7.92. The standard InChI is InChI=1S/C33H45FN4O9S2/c1-21-18-38(22(2)20-39)33(40)29-17-27(36-48(41,42)32-24(4)35-47-25(32)5)12-15-30(29)46-23(3)9-7-8-16-45-31(21)19-37(6)49(43,44)28-13-10-26(34)11-14-28/h10-15,17,21-23,31,36,39H,7-9,16,18-20H2,1-6H3/t21-,22+,23+,31-/m1/s1. The Balaban J connectivity index is 1.69. The largest absolute Gasteiger partial charge is 0.490 e. The van der Waals surface area contributed by atoms with Gasteiger partial charge in [0, 0.05) is 38.3 Å². The number of hydrogen-bond donors (Lipinski definition) is 2. The zero-order chi connectivity index (χ0) is 36.1. The first-order valence-corrected chi connectivity index (χ1v) is 19.0. The molecular weight excluding hydrogens is 680 g/mol. The number of aromatic nitrogens is 1. The molecule has 2 heterocycles. The van der Waals surface area contributed by atoms with E-state index in [4.69, 9.17) is 14.0 Å². The summed E-state index contributed by atoms with van der Waals surface area (Å²) < 4.78 is 88.0. The molecule has 4 atom stereocenters. The fourth-order valence-electron chi connectivity index (χ4n) is 5.65. The summed E-state index contributed by atoms with van der Waals surface area (Å²) in [5.41, 5.74) is 0.355. The van der Waals surface area contributed by atoms with Crippen LogP contribution in [0.1, 0.15) is 61.8 Å². The number of likely N-dealkylation sites (N-methyl/N-ethyl adjacent to an activating group) is 1. The van der Waals surface area contributed by atoms with Gasteiger partial charge in [-0.3, -0.25) is 9.52 Å². The van der Waals surface area contributed by atoms with E-state index in [1.165, 1.54) is 56.1 Å². The molecule has 270 valence electrons. The summed E-state index contributed by atoms with van der Waals surface area (Å²) in [6.45, 7) is 8.31. The summed E-state index contributed by atoms with van der Waals surface area (Å²) in [6.07, 6.45) is 1.03. The lowest BCUT2D eigenvalue weighted by molar-refractivity contribution is -0.00834. The highest BCUT2D eigenvalue weighted by atomic mass is 32.2. The van der Waals surface area contributed by atoms with Crippen molar-refractivity contribution in [2.75, 3.05) is 38.1 Å². The molecule has 0 radical (unpaired) electrons. The molecule has 0 unspecified atom stereocenters. The number of anilines is 1. The lowest BCUT2D eigenvalue weighted by Gasteiger charge is -2.35. The van der Waals surface area contributed by atoms with Gasteiger partial charge >= 0.3 is 0 Å². The van der Waals surface area contributed by atoms with Crippen LogP contribution in [0.2, 0.25) is 0 Å². The number of carbonyl (C=O) groups is 1. The molecule has 13 nitrogen and oxygen atoms in total. The van der Waals surface area contributed by atoms with Gasteiger partial charge in [0.25, 0.3) is 15.9 Å². The zero-order valence-electron chi connectivity index (χ0n) is 28.5. The first-order chi connectivity index (χ1) is 23.0. The van der Waals surface area contributed by atoms with Gasteiger partial charge in [-0.15, -0.1) is 0 Å². The molecule has 0 bridgehead atoms. The van der Waals surface area contributed by atoms with Crippen LogP contribution in [0.25, 0.3) is 0 Å². The Morgan fingerprint density at radius 2 is 1.80 bits per heavy atom. The molecule has 1 aliphatic heterocycles. The van der Waals surface area contributed by atoms with Crippen LogP contribution in [-0.2, 0) is 24.8 Å². The number of ether oxygens (including phenoxy) is 2. The van der Waals surface area contributed by atoms with Crippen LogP contribution in [-0.4, -0.2) is 93.8 Å². The summed E-state index contributed by atoms with van der Waals surface area (Å²) in [6, 6.07) is 8.31. The average molecular weight is 725 g/mol. The van der Waals surface area contributed by atoms with Gasteiger partial charge in [0.2, 0.25) is 10.0 Å². The van der Waals surface area contributed by atoms with Crippen LogP contribution in [0.3, 0.4) is 0 Å². The average Bonchev–Trinajstić information content (AvgIpc) is 3.40. The molecule has 0 spiro atoms. The Kier molecular flexibility index (Phi) is 12.5. The number of aryl methyl sites for hydroxylation is 2. The van der Waals surface area contributed by atoms with Crippen LogP contribution in [0.4, 0.5) is 10.1 Å². The Hall–Kier alpha value is -3.57. The van der Waals surface area contributed by atoms with E-state index in [0.29, 0.717) is 19.4 Å². The van der Waals surface area contributed by atoms with Crippen molar-refractivity contribution in [3.05, 3.63) is 65.3 Å². The van der Waals surface area contributed by atoms with E-state index in [-0.39, 0.29) is 64.0 Å². The second-order valence-electron chi connectivity index (χ2n) is 12.5. The van der Waals surface area contributed by atoms with E-state index in [1.54, 1.807) is 6.92 Å². The van der Waals surface area contributed by atoms with Gasteiger partial charge in [-0.2, -0.15) is 4.31 Å². The Morgan fingerprint density at radius 3 is 2.43 bits per heavy atom. The first kappa shape index (κ1) is 38.2. The number of amides is 1. The normalized spacial score (nSPS) is 20.7. The third-order valence-electron chi connectivity index (χ3n) is 8.50. The van der Waals surface area contributed by atoms with Gasteiger partial charge < -0.3 is 24.0 Å². The van der Waals surface area contributed by atoms with E-state index >= 15 is 0 Å². The maximum absolute atomic E-state index is 14.4. The van der Waals surface area contributed by atoms with Crippen molar-refractivity contribution in [2.45, 2.75) is 81.9 Å². The van der Waals surface area contributed by atoms with Crippen molar-refractivity contribution in [3.8, 4) is 5.75 Å².